The summed E-state index contributed by atoms with van der Waals surface area (Å²) < 4.78 is 20.8. The smallest absolute Gasteiger partial charge is 0.303 e. The number of ether oxygens (including phenoxy) is 3. The largest absolute Gasteiger partial charge is 1.00 e. The second-order valence-electron chi connectivity index (χ2n) is 17.9. The molecule has 6 aliphatic rings. The Kier molecular flexibility index (Phi) is 12.8. The maximum absolute atomic E-state index is 12.6. The number of esters is 1. The van der Waals surface area contributed by atoms with Crippen molar-refractivity contribution >= 4 is 12.0 Å². The Morgan fingerprint density at radius 2 is 1.64 bits per heavy atom. The van der Waals surface area contributed by atoms with Crippen molar-refractivity contribution in [2.24, 2.45) is 28.6 Å². The van der Waals surface area contributed by atoms with E-state index in [4.69, 9.17) is 14.2 Å². The fourth-order valence-electron chi connectivity index (χ4n) is 11.9. The van der Waals surface area contributed by atoms with Crippen LogP contribution in [-0.4, -0.2) is 87.6 Å². The molecule has 5 fully saturated rings. The van der Waals surface area contributed by atoms with Crippen molar-refractivity contribution in [3.8, 4) is 11.5 Å². The molecule has 0 radical (unpaired) electrons. The number of fused-ring (bicyclic) bond motifs is 5. The lowest BCUT2D eigenvalue weighted by Crippen LogP contribution is -3.00. The molecule has 7 rings (SSSR count). The molecule has 1 aromatic carbocycles. The predicted molar refractivity (Wildman–Crippen MR) is 193 cm³/mol. The van der Waals surface area contributed by atoms with Gasteiger partial charge in [0, 0.05) is 38.0 Å². The number of allylic oxidation sites excluding steroid dienone is 1. The minimum absolute atomic E-state index is 0. The zero-order valence-electron chi connectivity index (χ0n) is 31.8. The van der Waals surface area contributed by atoms with E-state index >= 15 is 0 Å². The molecule has 0 amide bonds. The van der Waals surface area contributed by atoms with Gasteiger partial charge in [0.05, 0.1) is 53.4 Å². The highest BCUT2D eigenvalue weighted by Gasteiger charge is 2.61. The molecule has 2 aliphatic heterocycles. The topological polar surface area (TPSA) is 44.8 Å². The van der Waals surface area contributed by atoms with Crippen LogP contribution in [0, 0.1) is 28.6 Å². The number of hydrogen-bond donors (Lipinski definition) is 0. The normalized spacial score (nSPS) is 36.1. The van der Waals surface area contributed by atoms with Gasteiger partial charge in [-0.15, -0.1) is 0 Å². The number of likely N-dealkylation sites (N-methyl/N-ethyl adjacent to an activating group) is 1. The predicted octanol–water partition coefficient (Wildman–Crippen LogP) is 2.21. The quantitative estimate of drug-likeness (QED) is 0.174. The fourth-order valence-corrected chi connectivity index (χ4v) is 11.9. The third-order valence-electron chi connectivity index (χ3n) is 15.0. The van der Waals surface area contributed by atoms with Gasteiger partial charge in [0.15, 0.2) is 11.5 Å². The van der Waals surface area contributed by atoms with Crippen molar-refractivity contribution in [3.63, 3.8) is 0 Å². The molecule has 280 valence electrons. The van der Waals surface area contributed by atoms with Crippen molar-refractivity contribution in [2.45, 2.75) is 110 Å². The molecule has 50 heavy (non-hydrogen) atoms. The number of methoxy groups -OCH3 is 1. The van der Waals surface area contributed by atoms with Gasteiger partial charge in [-0.3, -0.25) is 4.79 Å². The molecule has 0 N–H and O–H groups in total. The summed E-state index contributed by atoms with van der Waals surface area (Å²) in [6.07, 6.45) is 20.2. The number of halogens is 2. The summed E-state index contributed by atoms with van der Waals surface area (Å²) in [5, 5.41) is 0. The van der Waals surface area contributed by atoms with E-state index in [1.807, 2.05) is 0 Å². The molecule has 2 saturated heterocycles. The Bertz CT molecular complexity index is 1430. The SMILES string of the molecule is COc1cc(/C=C2\C[C@H]3[C@@H]4CC=C5C[C@@H]([N+]6(C)CCCC6)CC[C@]5(C)[C@H]4CC[C@]3(C)[C@H]2OC(C)=O)ccc1OCC[N+]1(C)CCCCC1.[I-].[I-]. The Morgan fingerprint density at radius 3 is 2.34 bits per heavy atom. The first-order valence-corrected chi connectivity index (χ1v) is 19.5. The van der Waals surface area contributed by atoms with Crippen LogP contribution in [0.1, 0.15) is 103 Å². The van der Waals surface area contributed by atoms with Gasteiger partial charge >= 0.3 is 5.97 Å². The van der Waals surface area contributed by atoms with E-state index in [9.17, 15) is 4.79 Å². The Labute approximate surface area is 337 Å². The number of rotatable bonds is 8. The van der Waals surface area contributed by atoms with Crippen molar-refractivity contribution in [3.05, 3.63) is 41.0 Å². The summed E-state index contributed by atoms with van der Waals surface area (Å²) >= 11 is 0. The third-order valence-corrected chi connectivity index (χ3v) is 15.0. The summed E-state index contributed by atoms with van der Waals surface area (Å²) in [7, 11) is 6.63. The second-order valence-corrected chi connectivity index (χ2v) is 17.9. The number of carbonyl (C=O) groups excluding carboxylic acids is 1. The van der Waals surface area contributed by atoms with Crippen LogP contribution in [-0.2, 0) is 9.53 Å². The van der Waals surface area contributed by atoms with Gasteiger partial charge < -0.3 is 71.1 Å². The molecule has 0 unspecified atom stereocenters. The van der Waals surface area contributed by atoms with Crippen molar-refractivity contribution in [2.75, 3.05) is 60.5 Å². The van der Waals surface area contributed by atoms with Gasteiger partial charge in [-0.2, -0.15) is 0 Å². The van der Waals surface area contributed by atoms with Gasteiger partial charge in [0.2, 0.25) is 0 Å². The maximum Gasteiger partial charge on any atom is 0.303 e. The zero-order valence-corrected chi connectivity index (χ0v) is 36.1. The van der Waals surface area contributed by atoms with E-state index in [2.05, 4.69) is 58.3 Å². The molecule has 0 bridgehead atoms. The molecular formula is C42H64I2N2O4. The van der Waals surface area contributed by atoms with Crippen LogP contribution >= 0.6 is 0 Å². The van der Waals surface area contributed by atoms with E-state index in [1.54, 1.807) is 19.6 Å². The molecule has 0 spiro atoms. The number of likely N-dealkylation sites (tertiary alicyclic amines) is 2. The standard InChI is InChI=1S/C42H64N2O4.2HI/c1-30(45)48-40-32(26-31-12-15-38(39(27-31)46-6)47-25-24-43(4)20-8-7-9-21-43)28-37-35-14-13-33-29-34(44(5)22-10-11-23-44)16-18-41(33,2)36(35)17-19-42(37,40)3;;/h12-13,15,26-27,34-37,40H,7-11,14,16-25,28-29H2,1-6H3;2*1H/q+2;;/p-2/b32-26+;;/t34-,35+,36-,37-,40-,41-,42-;;/m0../s1. The van der Waals surface area contributed by atoms with Crippen LogP contribution in [0.15, 0.2) is 35.4 Å². The first-order valence-electron chi connectivity index (χ1n) is 19.5. The van der Waals surface area contributed by atoms with Crippen LogP contribution in [0.2, 0.25) is 0 Å². The van der Waals surface area contributed by atoms with Crippen molar-refractivity contribution < 1.29 is 75.9 Å². The summed E-state index contributed by atoms with van der Waals surface area (Å²) in [5.41, 5.74) is 4.43. The van der Waals surface area contributed by atoms with E-state index in [-0.39, 0.29) is 65.4 Å². The Balaban J connectivity index is 0.00000243. The van der Waals surface area contributed by atoms with E-state index in [0.29, 0.717) is 23.9 Å². The monoisotopic (exact) mass is 914 g/mol. The zero-order chi connectivity index (χ0) is 33.7. The maximum atomic E-state index is 12.6. The van der Waals surface area contributed by atoms with Crippen LogP contribution in [0.25, 0.3) is 6.08 Å². The average Bonchev–Trinajstić information content (AvgIpc) is 3.62. The van der Waals surface area contributed by atoms with Crippen LogP contribution < -0.4 is 57.4 Å². The molecule has 1 aromatic rings. The first-order chi connectivity index (χ1) is 23.0. The van der Waals surface area contributed by atoms with Gasteiger partial charge in [-0.05, 0) is 97.8 Å². The third kappa shape index (κ3) is 7.57. The molecule has 6 nitrogen and oxygen atoms in total. The van der Waals surface area contributed by atoms with Gasteiger partial charge in [0.1, 0.15) is 19.3 Å². The summed E-state index contributed by atoms with van der Waals surface area (Å²) in [6.45, 7) is 13.6. The van der Waals surface area contributed by atoms with Crippen LogP contribution in [0.4, 0.5) is 0 Å². The lowest BCUT2D eigenvalue weighted by Gasteiger charge is -2.58. The average molecular weight is 915 g/mol. The fraction of sp³-hybridized carbons (Fsp3) is 0.738. The number of quaternary nitrogens is 2. The number of nitrogens with zero attached hydrogens (tertiary/aromatic N) is 2. The Hall–Kier alpha value is -0.850. The summed E-state index contributed by atoms with van der Waals surface area (Å²) in [5.74, 6) is 3.30. The molecule has 7 atom stereocenters. The highest BCUT2D eigenvalue weighted by Crippen LogP contribution is 2.66. The van der Waals surface area contributed by atoms with E-state index < -0.39 is 0 Å². The number of benzene rings is 1. The van der Waals surface area contributed by atoms with Crippen LogP contribution in [0.3, 0.4) is 0 Å². The van der Waals surface area contributed by atoms with Gasteiger partial charge in [-0.25, -0.2) is 0 Å². The molecule has 4 aliphatic carbocycles. The van der Waals surface area contributed by atoms with E-state index in [0.717, 1.165) is 52.9 Å². The van der Waals surface area contributed by atoms with E-state index in [1.165, 1.54) is 100 Å². The van der Waals surface area contributed by atoms with Crippen molar-refractivity contribution in [1.82, 2.24) is 0 Å². The first kappa shape index (κ1) is 40.3. The second kappa shape index (κ2) is 15.9. The molecule has 0 aromatic heterocycles. The lowest BCUT2D eigenvalue weighted by molar-refractivity contribution is -0.923. The van der Waals surface area contributed by atoms with Gasteiger partial charge in [-0.1, -0.05) is 37.6 Å². The molecule has 8 heteroatoms. The van der Waals surface area contributed by atoms with Crippen LogP contribution in [0.5, 0.6) is 11.5 Å². The lowest BCUT2D eigenvalue weighted by atomic mass is 9.47. The summed E-state index contributed by atoms with van der Waals surface area (Å²) in [6, 6.07) is 7.13. The van der Waals surface area contributed by atoms with Gasteiger partial charge in [0.25, 0.3) is 0 Å². The molecule has 2 heterocycles. The molecular weight excluding hydrogens is 850 g/mol. The highest BCUT2D eigenvalue weighted by molar-refractivity contribution is 5.68. The molecule has 3 saturated carbocycles. The summed E-state index contributed by atoms with van der Waals surface area (Å²) in [4.78, 5) is 12.6. The number of hydrogen-bond acceptors (Lipinski definition) is 4. The number of carbonyl (C=O) groups is 1. The highest BCUT2D eigenvalue weighted by atomic mass is 127. The minimum atomic E-state index is -0.176. The van der Waals surface area contributed by atoms with Crippen molar-refractivity contribution in [1.29, 1.82) is 0 Å². The Morgan fingerprint density at radius 1 is 0.920 bits per heavy atom. The minimum Gasteiger partial charge on any atom is -1.00 e. The number of piperidine rings is 1.